The minimum atomic E-state index is -0.721. The lowest BCUT2D eigenvalue weighted by atomic mass is 10.2. The van der Waals surface area contributed by atoms with Gasteiger partial charge in [-0.1, -0.05) is 50.2 Å². The Morgan fingerprint density at radius 3 is 2.30 bits per heavy atom. The van der Waals surface area contributed by atoms with Crippen molar-refractivity contribution in [3.63, 3.8) is 0 Å². The maximum Gasteiger partial charge on any atom is 0.311 e. The molecule has 0 radical (unpaired) electrons. The fraction of sp³-hybridized carbons (Fsp3) is 0.192. The third-order valence-corrected chi connectivity index (χ3v) is 4.69. The number of nitrogens with one attached hydrogen (secondary N) is 1. The standard InChI is InChI=1S/C24H20FN3O3.C2H6/c1-2-31-23(30)14-20-19(25)13-18-21(29)15-22(26-16-9-5-3-6-10-16)28(24(18)27-20)17-11-7-4-8-12-17;1-2/h3-13,15,26H,2,14H2,1H3;1-2H3. The monoisotopic (exact) mass is 447 g/mol. The first kappa shape index (κ1) is 23.7. The van der Waals surface area contributed by atoms with E-state index in [1.54, 1.807) is 11.5 Å². The average molecular weight is 448 g/mol. The van der Waals surface area contributed by atoms with Crippen molar-refractivity contribution in [2.24, 2.45) is 0 Å². The van der Waals surface area contributed by atoms with Crippen LogP contribution in [0.5, 0.6) is 0 Å². The number of anilines is 2. The number of carbonyl (C=O) groups is 1. The summed E-state index contributed by atoms with van der Waals surface area (Å²) >= 11 is 0. The molecule has 2 aromatic heterocycles. The molecule has 2 heterocycles. The second kappa shape index (κ2) is 11.0. The van der Waals surface area contributed by atoms with Gasteiger partial charge in [-0.15, -0.1) is 0 Å². The summed E-state index contributed by atoms with van der Waals surface area (Å²) in [7, 11) is 0. The molecule has 0 unspecified atom stereocenters. The lowest BCUT2D eigenvalue weighted by Gasteiger charge is -2.18. The van der Waals surface area contributed by atoms with Gasteiger partial charge in [0.1, 0.15) is 11.6 Å². The maximum absolute atomic E-state index is 14.6. The van der Waals surface area contributed by atoms with Crippen molar-refractivity contribution in [1.29, 1.82) is 0 Å². The summed E-state index contributed by atoms with van der Waals surface area (Å²) in [5.74, 6) is -0.836. The largest absolute Gasteiger partial charge is 0.466 e. The molecular formula is C26H26FN3O3. The zero-order chi connectivity index (χ0) is 23.8. The first-order valence-corrected chi connectivity index (χ1v) is 10.8. The molecule has 0 saturated heterocycles. The Hall–Kier alpha value is -4.00. The number of fused-ring (bicyclic) bond motifs is 1. The Balaban J connectivity index is 0.00000149. The summed E-state index contributed by atoms with van der Waals surface area (Å²) in [6.45, 7) is 5.87. The molecule has 0 bridgehead atoms. The first-order valence-electron chi connectivity index (χ1n) is 10.8. The number of esters is 1. The van der Waals surface area contributed by atoms with Gasteiger partial charge in [0.05, 0.1) is 24.1 Å². The van der Waals surface area contributed by atoms with E-state index in [4.69, 9.17) is 4.74 Å². The number of hydrogen-bond acceptors (Lipinski definition) is 5. The van der Waals surface area contributed by atoms with Gasteiger partial charge < -0.3 is 10.1 Å². The molecule has 0 aliphatic carbocycles. The summed E-state index contributed by atoms with van der Waals surface area (Å²) in [5, 5.41) is 3.35. The topological polar surface area (TPSA) is 73.2 Å². The predicted molar refractivity (Wildman–Crippen MR) is 129 cm³/mol. The molecule has 0 spiro atoms. The van der Waals surface area contributed by atoms with Gasteiger partial charge in [0.25, 0.3) is 0 Å². The zero-order valence-corrected chi connectivity index (χ0v) is 18.8. The van der Waals surface area contributed by atoms with Crippen LogP contribution in [0.25, 0.3) is 16.7 Å². The van der Waals surface area contributed by atoms with E-state index in [0.29, 0.717) is 5.82 Å². The fourth-order valence-electron chi connectivity index (χ4n) is 3.32. The molecule has 0 fully saturated rings. The van der Waals surface area contributed by atoms with Gasteiger partial charge in [0.15, 0.2) is 11.1 Å². The molecule has 0 aliphatic rings. The Labute approximate surface area is 191 Å². The lowest BCUT2D eigenvalue weighted by molar-refractivity contribution is -0.142. The summed E-state index contributed by atoms with van der Waals surface area (Å²) in [5.41, 5.74) is 1.30. The van der Waals surface area contributed by atoms with Gasteiger partial charge in [-0.3, -0.25) is 14.2 Å². The summed E-state index contributed by atoms with van der Waals surface area (Å²) < 4.78 is 21.3. The number of nitrogens with zero attached hydrogens (tertiary/aromatic N) is 2. The predicted octanol–water partition coefficient (Wildman–Crippen LogP) is 5.40. The van der Waals surface area contributed by atoms with Crippen molar-refractivity contribution >= 4 is 28.5 Å². The molecule has 33 heavy (non-hydrogen) atoms. The Bertz CT molecular complexity index is 1290. The van der Waals surface area contributed by atoms with Crippen LogP contribution in [0.2, 0.25) is 0 Å². The van der Waals surface area contributed by atoms with E-state index in [-0.39, 0.29) is 35.2 Å². The third kappa shape index (κ3) is 5.44. The smallest absolute Gasteiger partial charge is 0.311 e. The minimum absolute atomic E-state index is 0.0770. The van der Waals surface area contributed by atoms with Gasteiger partial charge in [0.2, 0.25) is 0 Å². The van der Waals surface area contributed by atoms with Crippen LogP contribution in [0.3, 0.4) is 0 Å². The van der Waals surface area contributed by atoms with Crippen molar-refractivity contribution in [1.82, 2.24) is 9.55 Å². The van der Waals surface area contributed by atoms with Gasteiger partial charge in [-0.2, -0.15) is 0 Å². The number of pyridine rings is 2. The van der Waals surface area contributed by atoms with Crippen LogP contribution in [0.15, 0.2) is 77.6 Å². The van der Waals surface area contributed by atoms with Gasteiger partial charge in [-0.25, -0.2) is 9.37 Å². The highest BCUT2D eigenvalue weighted by atomic mass is 19.1. The number of rotatable bonds is 6. The van der Waals surface area contributed by atoms with E-state index in [9.17, 15) is 14.0 Å². The molecule has 170 valence electrons. The Morgan fingerprint density at radius 1 is 1.03 bits per heavy atom. The molecule has 7 heteroatoms. The normalized spacial score (nSPS) is 10.3. The average Bonchev–Trinajstić information content (AvgIpc) is 2.83. The number of carbonyl (C=O) groups excluding carboxylic acids is 1. The van der Waals surface area contributed by atoms with Crippen molar-refractivity contribution in [2.45, 2.75) is 27.2 Å². The molecule has 0 atom stereocenters. The van der Waals surface area contributed by atoms with Crippen LogP contribution in [0.1, 0.15) is 26.5 Å². The van der Waals surface area contributed by atoms with E-state index >= 15 is 0 Å². The van der Waals surface area contributed by atoms with E-state index < -0.39 is 11.8 Å². The van der Waals surface area contributed by atoms with E-state index in [1.807, 2.05) is 74.5 Å². The van der Waals surface area contributed by atoms with Crippen LogP contribution in [-0.4, -0.2) is 22.1 Å². The second-order valence-corrected chi connectivity index (χ2v) is 6.83. The molecule has 6 nitrogen and oxygen atoms in total. The highest BCUT2D eigenvalue weighted by Crippen LogP contribution is 2.25. The SMILES string of the molecule is CC.CCOC(=O)Cc1nc2c(cc1F)c(=O)cc(Nc1ccccc1)n2-c1ccccc1. The number of aromatic nitrogens is 2. The van der Waals surface area contributed by atoms with Crippen LogP contribution in [0.4, 0.5) is 15.9 Å². The molecular weight excluding hydrogens is 421 g/mol. The lowest BCUT2D eigenvalue weighted by Crippen LogP contribution is -2.16. The molecule has 4 rings (SSSR count). The fourth-order valence-corrected chi connectivity index (χ4v) is 3.32. The highest BCUT2D eigenvalue weighted by Gasteiger charge is 2.18. The van der Waals surface area contributed by atoms with Crippen LogP contribution in [-0.2, 0) is 16.0 Å². The molecule has 4 aromatic rings. The quantitative estimate of drug-likeness (QED) is 0.401. The summed E-state index contributed by atoms with van der Waals surface area (Å²) in [6.07, 6.45) is -0.324. The summed E-state index contributed by atoms with van der Waals surface area (Å²) in [6, 6.07) is 21.2. The van der Waals surface area contributed by atoms with Crippen molar-refractivity contribution in [2.75, 3.05) is 11.9 Å². The molecule has 0 aliphatic heterocycles. The van der Waals surface area contributed by atoms with E-state index in [0.717, 1.165) is 17.4 Å². The molecule has 0 saturated carbocycles. The Morgan fingerprint density at radius 2 is 1.67 bits per heavy atom. The second-order valence-electron chi connectivity index (χ2n) is 6.83. The van der Waals surface area contributed by atoms with Crippen molar-refractivity contribution in [3.8, 4) is 5.69 Å². The maximum atomic E-state index is 14.6. The number of para-hydroxylation sites is 2. The van der Waals surface area contributed by atoms with Gasteiger partial charge >= 0.3 is 5.97 Å². The van der Waals surface area contributed by atoms with E-state index in [2.05, 4.69) is 10.3 Å². The van der Waals surface area contributed by atoms with Gasteiger partial charge in [-0.05, 0) is 37.3 Å². The zero-order valence-electron chi connectivity index (χ0n) is 18.8. The van der Waals surface area contributed by atoms with Crippen LogP contribution in [0, 0.1) is 5.82 Å². The van der Waals surface area contributed by atoms with Crippen molar-refractivity contribution in [3.05, 3.63) is 94.5 Å². The number of hydrogen-bond donors (Lipinski definition) is 1. The number of halogens is 1. The Kier molecular flexibility index (Phi) is 7.91. The summed E-state index contributed by atoms with van der Waals surface area (Å²) in [4.78, 5) is 29.1. The number of ether oxygens (including phenoxy) is 1. The minimum Gasteiger partial charge on any atom is -0.466 e. The molecule has 1 N–H and O–H groups in total. The van der Waals surface area contributed by atoms with Crippen molar-refractivity contribution < 1.29 is 13.9 Å². The van der Waals surface area contributed by atoms with Gasteiger partial charge in [0, 0.05) is 17.4 Å². The van der Waals surface area contributed by atoms with Crippen LogP contribution < -0.4 is 10.7 Å². The highest BCUT2D eigenvalue weighted by molar-refractivity contribution is 5.82. The third-order valence-electron chi connectivity index (χ3n) is 4.69. The van der Waals surface area contributed by atoms with Crippen LogP contribution >= 0.6 is 0 Å². The molecule has 2 aromatic carbocycles. The first-order chi connectivity index (χ1) is 16.1. The molecule has 0 amide bonds. The number of benzene rings is 2. The van der Waals surface area contributed by atoms with E-state index in [1.165, 1.54) is 6.07 Å².